The summed E-state index contributed by atoms with van der Waals surface area (Å²) in [6.07, 6.45) is 8.61. The van der Waals surface area contributed by atoms with Gasteiger partial charge >= 0.3 is 0 Å². The van der Waals surface area contributed by atoms with Crippen molar-refractivity contribution >= 4 is 47.3 Å². The van der Waals surface area contributed by atoms with Gasteiger partial charge in [0.05, 0.1) is 24.6 Å². The summed E-state index contributed by atoms with van der Waals surface area (Å²) in [5.41, 5.74) is 0.872. The van der Waals surface area contributed by atoms with Gasteiger partial charge in [0.15, 0.2) is 0 Å². The minimum atomic E-state index is -0.713. The zero-order valence-corrected chi connectivity index (χ0v) is 19.9. The highest BCUT2D eigenvalue weighted by molar-refractivity contribution is 6.31. The molecule has 0 atom stereocenters. The maximum Gasteiger partial charge on any atom is 0.259 e. The lowest BCUT2D eigenvalue weighted by atomic mass is 10.1. The standard InChI is InChI=1S/C25H21ClFN5O3/c1-5-16-7-9-23(28-13-16)30-25(34)19-11-18(26)12-22(35-4)24(19)32(15-33)21-8-6-17(10-20(21)27)14-29-31(2)3/h1,6-15H,2-4H3,(H,28,30,34). The zero-order valence-electron chi connectivity index (χ0n) is 19.1. The number of nitrogens with zero attached hydrogens (tertiary/aromatic N) is 4. The first-order chi connectivity index (χ1) is 16.8. The molecule has 3 rings (SSSR count). The third-order valence-electron chi connectivity index (χ3n) is 4.69. The predicted octanol–water partition coefficient (Wildman–Crippen LogP) is 4.31. The molecule has 0 fully saturated rings. The number of hydrogen-bond donors (Lipinski definition) is 1. The fourth-order valence-corrected chi connectivity index (χ4v) is 3.31. The Bertz CT molecular complexity index is 1320. The first-order valence-corrected chi connectivity index (χ1v) is 10.5. The SMILES string of the molecule is C#Cc1ccc(NC(=O)c2cc(Cl)cc(OC)c2N(C=O)c2ccc(C=NN(C)C)cc2F)nc1. The Kier molecular flexibility index (Phi) is 8.02. The van der Waals surface area contributed by atoms with E-state index < -0.39 is 11.7 Å². The van der Waals surface area contributed by atoms with Crippen molar-refractivity contribution in [1.82, 2.24) is 9.99 Å². The van der Waals surface area contributed by atoms with Crippen LogP contribution in [0.3, 0.4) is 0 Å². The average molecular weight is 494 g/mol. The van der Waals surface area contributed by atoms with E-state index in [4.69, 9.17) is 22.8 Å². The molecule has 0 saturated carbocycles. The number of amides is 2. The molecule has 35 heavy (non-hydrogen) atoms. The molecule has 1 aromatic heterocycles. The molecular formula is C25H21ClFN5O3. The molecular weight excluding hydrogens is 473 g/mol. The Morgan fingerprint density at radius 3 is 2.60 bits per heavy atom. The molecule has 0 aliphatic rings. The van der Waals surface area contributed by atoms with Gasteiger partial charge in [0.25, 0.3) is 5.91 Å². The van der Waals surface area contributed by atoms with Crippen LogP contribution in [0.2, 0.25) is 5.02 Å². The summed E-state index contributed by atoms with van der Waals surface area (Å²) in [5.74, 6) is 1.37. The molecule has 0 saturated heterocycles. The van der Waals surface area contributed by atoms with E-state index in [1.165, 1.54) is 49.9 Å². The van der Waals surface area contributed by atoms with Gasteiger partial charge in [0.2, 0.25) is 6.41 Å². The van der Waals surface area contributed by atoms with Crippen LogP contribution in [-0.2, 0) is 4.79 Å². The van der Waals surface area contributed by atoms with Gasteiger partial charge in [0, 0.05) is 36.9 Å². The number of anilines is 3. The van der Waals surface area contributed by atoms with Crippen LogP contribution >= 0.6 is 11.6 Å². The maximum atomic E-state index is 15.1. The van der Waals surface area contributed by atoms with Crippen LogP contribution in [0.1, 0.15) is 21.5 Å². The summed E-state index contributed by atoms with van der Waals surface area (Å²) in [7, 11) is 4.80. The first-order valence-electron chi connectivity index (χ1n) is 10.1. The van der Waals surface area contributed by atoms with Gasteiger partial charge in [-0.2, -0.15) is 5.10 Å². The third-order valence-corrected chi connectivity index (χ3v) is 4.91. The van der Waals surface area contributed by atoms with Gasteiger partial charge in [-0.1, -0.05) is 23.6 Å². The minimum absolute atomic E-state index is 0.00162. The van der Waals surface area contributed by atoms with Crippen molar-refractivity contribution in [2.75, 3.05) is 31.4 Å². The topological polar surface area (TPSA) is 87.1 Å². The van der Waals surface area contributed by atoms with Crippen molar-refractivity contribution in [2.45, 2.75) is 0 Å². The summed E-state index contributed by atoms with van der Waals surface area (Å²) in [4.78, 5) is 30.4. The van der Waals surface area contributed by atoms with Crippen LogP contribution in [0, 0.1) is 18.2 Å². The van der Waals surface area contributed by atoms with E-state index in [2.05, 4.69) is 21.3 Å². The second-order valence-electron chi connectivity index (χ2n) is 7.31. The van der Waals surface area contributed by atoms with Crippen LogP contribution in [-0.4, -0.2) is 49.7 Å². The van der Waals surface area contributed by atoms with E-state index in [-0.39, 0.29) is 33.5 Å². The number of halogens is 2. The molecule has 3 aromatic rings. The number of carbonyl (C=O) groups excluding carboxylic acids is 2. The molecule has 1 heterocycles. The number of benzene rings is 2. The highest BCUT2D eigenvalue weighted by atomic mass is 35.5. The lowest BCUT2D eigenvalue weighted by Gasteiger charge is -2.24. The number of hydrazone groups is 1. The van der Waals surface area contributed by atoms with Crippen molar-refractivity contribution in [3.05, 3.63) is 76.2 Å². The van der Waals surface area contributed by atoms with Gasteiger partial charge in [0.1, 0.15) is 23.1 Å². The Morgan fingerprint density at radius 1 is 1.26 bits per heavy atom. The summed E-state index contributed by atoms with van der Waals surface area (Å²) in [5, 5.41) is 8.42. The number of carbonyl (C=O) groups is 2. The lowest BCUT2D eigenvalue weighted by Crippen LogP contribution is -2.22. The lowest BCUT2D eigenvalue weighted by molar-refractivity contribution is -0.106. The average Bonchev–Trinajstić information content (AvgIpc) is 2.84. The summed E-state index contributed by atoms with van der Waals surface area (Å²) < 4.78 is 20.5. The molecule has 0 unspecified atom stereocenters. The summed E-state index contributed by atoms with van der Waals surface area (Å²) >= 11 is 6.20. The number of pyridine rings is 1. The normalized spacial score (nSPS) is 10.5. The molecule has 0 bridgehead atoms. The molecule has 0 spiro atoms. The molecule has 178 valence electrons. The zero-order chi connectivity index (χ0) is 25.5. The quantitative estimate of drug-likeness (QED) is 0.219. The predicted molar refractivity (Wildman–Crippen MR) is 134 cm³/mol. The second-order valence-corrected chi connectivity index (χ2v) is 7.75. The largest absolute Gasteiger partial charge is 0.494 e. The Hall–Kier alpha value is -4.42. The molecule has 0 aliphatic heterocycles. The minimum Gasteiger partial charge on any atom is -0.494 e. The molecule has 0 aliphatic carbocycles. The highest BCUT2D eigenvalue weighted by Crippen LogP contribution is 2.39. The molecule has 8 nitrogen and oxygen atoms in total. The van der Waals surface area contributed by atoms with Crippen molar-refractivity contribution in [2.24, 2.45) is 5.10 Å². The summed E-state index contributed by atoms with van der Waals surface area (Å²) in [6, 6.07) is 10.1. The van der Waals surface area contributed by atoms with E-state index in [0.717, 1.165) is 4.90 Å². The second kappa shape index (κ2) is 11.1. The maximum absolute atomic E-state index is 15.1. The summed E-state index contributed by atoms with van der Waals surface area (Å²) in [6.45, 7) is 0. The van der Waals surface area contributed by atoms with E-state index in [1.807, 2.05) is 0 Å². The number of ether oxygens (including phenoxy) is 1. The van der Waals surface area contributed by atoms with Crippen molar-refractivity contribution in [3.63, 3.8) is 0 Å². The van der Waals surface area contributed by atoms with Crippen molar-refractivity contribution < 1.29 is 18.7 Å². The fourth-order valence-electron chi connectivity index (χ4n) is 3.10. The van der Waals surface area contributed by atoms with Gasteiger partial charge in [-0.15, -0.1) is 6.42 Å². The van der Waals surface area contributed by atoms with Gasteiger partial charge in [-0.25, -0.2) is 9.37 Å². The van der Waals surface area contributed by atoms with Crippen LogP contribution in [0.15, 0.2) is 53.8 Å². The van der Waals surface area contributed by atoms with E-state index in [0.29, 0.717) is 17.5 Å². The number of terminal acetylenes is 1. The van der Waals surface area contributed by atoms with Crippen LogP contribution in [0.5, 0.6) is 5.75 Å². The fraction of sp³-hybridized carbons (Fsp3) is 0.120. The first kappa shape index (κ1) is 25.2. The Balaban J connectivity index is 2.07. The van der Waals surface area contributed by atoms with E-state index >= 15 is 4.39 Å². The molecule has 2 amide bonds. The number of methoxy groups -OCH3 is 1. The molecule has 0 radical (unpaired) electrons. The molecule has 1 N–H and O–H groups in total. The smallest absolute Gasteiger partial charge is 0.259 e. The Morgan fingerprint density at radius 2 is 2.03 bits per heavy atom. The van der Waals surface area contributed by atoms with E-state index in [1.54, 1.807) is 31.2 Å². The molecule has 10 heteroatoms. The van der Waals surface area contributed by atoms with E-state index in [9.17, 15) is 9.59 Å². The van der Waals surface area contributed by atoms with Gasteiger partial charge in [-0.05, 0) is 35.9 Å². The Labute approximate surface area is 207 Å². The van der Waals surface area contributed by atoms with Gasteiger partial charge < -0.3 is 15.1 Å². The van der Waals surface area contributed by atoms with Crippen LogP contribution in [0.4, 0.5) is 21.6 Å². The van der Waals surface area contributed by atoms with Crippen LogP contribution < -0.4 is 15.0 Å². The highest BCUT2D eigenvalue weighted by Gasteiger charge is 2.25. The monoisotopic (exact) mass is 493 g/mol. The number of hydrogen-bond acceptors (Lipinski definition) is 6. The van der Waals surface area contributed by atoms with Crippen molar-refractivity contribution in [1.29, 1.82) is 0 Å². The number of nitrogens with one attached hydrogen (secondary N) is 1. The molecule has 2 aromatic carbocycles. The van der Waals surface area contributed by atoms with Gasteiger partial charge in [-0.3, -0.25) is 14.5 Å². The third kappa shape index (κ3) is 5.93. The van der Waals surface area contributed by atoms with Crippen LogP contribution in [0.25, 0.3) is 0 Å². The number of rotatable bonds is 8. The number of aromatic nitrogens is 1. The van der Waals surface area contributed by atoms with Crippen molar-refractivity contribution in [3.8, 4) is 18.1 Å².